The van der Waals surface area contributed by atoms with Crippen molar-refractivity contribution < 1.29 is 4.74 Å². The number of anilines is 1. The van der Waals surface area contributed by atoms with Gasteiger partial charge in [-0.3, -0.25) is 9.99 Å². The van der Waals surface area contributed by atoms with Crippen LogP contribution in [0.5, 0.6) is 5.75 Å². The zero-order valence-corrected chi connectivity index (χ0v) is 18.6. The van der Waals surface area contributed by atoms with E-state index in [9.17, 15) is 0 Å². The summed E-state index contributed by atoms with van der Waals surface area (Å²) in [6, 6.07) is 11.7. The summed E-state index contributed by atoms with van der Waals surface area (Å²) < 4.78 is 5.32. The Balaban J connectivity index is 1.52. The van der Waals surface area contributed by atoms with Crippen molar-refractivity contribution in [2.75, 3.05) is 25.5 Å². The van der Waals surface area contributed by atoms with Gasteiger partial charge in [-0.1, -0.05) is 12.1 Å². The number of hydrogen-bond acceptors (Lipinski definition) is 7. The average Bonchev–Trinajstić information content (AvgIpc) is 3.15. The molecule has 31 heavy (non-hydrogen) atoms. The predicted molar refractivity (Wildman–Crippen MR) is 126 cm³/mol. The number of thiocarbonyl (C=S) groups is 1. The number of fused-ring (bicyclic) bond motifs is 1. The number of nitrogens with one attached hydrogen (secondary N) is 2. The summed E-state index contributed by atoms with van der Waals surface area (Å²) in [6.45, 7) is 6.24. The van der Waals surface area contributed by atoms with Gasteiger partial charge in [0.15, 0.2) is 10.8 Å². The van der Waals surface area contributed by atoms with Crippen LogP contribution in [0.2, 0.25) is 0 Å². The molecule has 9 heteroatoms. The molecule has 3 heterocycles. The molecule has 1 aliphatic heterocycles. The number of pyridine rings is 1. The highest BCUT2D eigenvalue weighted by molar-refractivity contribution is 7.80. The maximum Gasteiger partial charge on any atom is 0.180 e. The van der Waals surface area contributed by atoms with Gasteiger partial charge < -0.3 is 15.4 Å². The molecule has 0 amide bonds. The normalized spacial score (nSPS) is 17.7. The van der Waals surface area contributed by atoms with E-state index in [0.717, 1.165) is 29.1 Å². The molecule has 160 valence electrons. The number of benzene rings is 1. The lowest BCUT2D eigenvalue weighted by molar-refractivity contribution is 0.276. The quantitative estimate of drug-likeness (QED) is 0.571. The first-order chi connectivity index (χ1) is 15.0. The van der Waals surface area contributed by atoms with E-state index < -0.39 is 0 Å². The summed E-state index contributed by atoms with van der Waals surface area (Å²) in [4.78, 5) is 13.9. The summed E-state index contributed by atoms with van der Waals surface area (Å²) in [6.07, 6.45) is 3.74. The van der Waals surface area contributed by atoms with Crippen molar-refractivity contribution in [1.29, 1.82) is 0 Å². The second kappa shape index (κ2) is 8.81. The van der Waals surface area contributed by atoms with Gasteiger partial charge in [-0.2, -0.15) is 5.10 Å². The minimum Gasteiger partial charge on any atom is -0.497 e. The molecule has 0 saturated heterocycles. The van der Waals surface area contributed by atoms with Gasteiger partial charge >= 0.3 is 0 Å². The highest BCUT2D eigenvalue weighted by Gasteiger charge is 2.34. The van der Waals surface area contributed by atoms with Crippen molar-refractivity contribution in [2.24, 2.45) is 5.10 Å². The first-order valence-electron chi connectivity index (χ1n) is 10.1. The minimum atomic E-state index is -0.357. The molecule has 0 saturated carbocycles. The Kier molecular flexibility index (Phi) is 5.94. The van der Waals surface area contributed by atoms with E-state index in [1.165, 1.54) is 0 Å². The van der Waals surface area contributed by atoms with Crippen molar-refractivity contribution >= 4 is 40.5 Å². The first-order valence-corrected chi connectivity index (χ1v) is 10.5. The Morgan fingerprint density at radius 3 is 2.94 bits per heavy atom. The van der Waals surface area contributed by atoms with E-state index in [-0.39, 0.29) is 5.41 Å². The van der Waals surface area contributed by atoms with Gasteiger partial charge in [-0.25, -0.2) is 9.97 Å². The predicted octanol–water partition coefficient (Wildman–Crippen LogP) is 3.10. The van der Waals surface area contributed by atoms with Gasteiger partial charge in [0.2, 0.25) is 0 Å². The van der Waals surface area contributed by atoms with Gasteiger partial charge in [0.1, 0.15) is 17.1 Å². The molecule has 1 unspecified atom stereocenters. The van der Waals surface area contributed by atoms with Gasteiger partial charge in [0.05, 0.1) is 37.5 Å². The second-order valence-electron chi connectivity index (χ2n) is 7.62. The molecule has 0 radical (unpaired) electrons. The number of methoxy groups -OCH3 is 1. The number of hydrazone groups is 1. The molecule has 1 aromatic carbocycles. The fourth-order valence-corrected chi connectivity index (χ4v) is 3.71. The van der Waals surface area contributed by atoms with Crippen LogP contribution < -0.4 is 15.4 Å². The zero-order valence-electron chi connectivity index (χ0n) is 17.8. The van der Waals surface area contributed by atoms with Crippen LogP contribution in [0.3, 0.4) is 0 Å². The molecular weight excluding hydrogens is 410 g/mol. The molecule has 2 N–H and O–H groups in total. The molecular formula is C22H25N7OS. The Hall–Kier alpha value is -3.33. The van der Waals surface area contributed by atoms with E-state index >= 15 is 0 Å². The number of rotatable bonds is 6. The molecule has 2 aromatic heterocycles. The van der Waals surface area contributed by atoms with E-state index in [1.807, 2.05) is 48.5 Å². The van der Waals surface area contributed by atoms with Gasteiger partial charge in [-0.15, -0.1) is 0 Å². The first kappa shape index (κ1) is 20.9. The number of nitrogens with zero attached hydrogens (tertiary/aromatic N) is 5. The summed E-state index contributed by atoms with van der Waals surface area (Å²) in [5.74, 6) is 1.47. The van der Waals surface area contributed by atoms with Crippen LogP contribution in [-0.2, 0) is 12.0 Å². The largest absolute Gasteiger partial charge is 0.497 e. The third-order valence-corrected chi connectivity index (χ3v) is 5.33. The fourth-order valence-electron chi connectivity index (χ4n) is 3.46. The Morgan fingerprint density at radius 2 is 2.13 bits per heavy atom. The zero-order chi connectivity index (χ0) is 21.8. The number of hydrogen-bond donors (Lipinski definition) is 2. The van der Waals surface area contributed by atoms with Crippen molar-refractivity contribution in [3.8, 4) is 5.75 Å². The lowest BCUT2D eigenvalue weighted by atomic mass is 9.89. The Bertz CT molecular complexity index is 1140. The molecule has 3 aromatic rings. The fraction of sp³-hybridized carbons (Fsp3) is 0.318. The Morgan fingerprint density at radius 1 is 1.26 bits per heavy atom. The summed E-state index contributed by atoms with van der Waals surface area (Å²) >= 11 is 5.24. The van der Waals surface area contributed by atoms with Crippen LogP contribution >= 0.6 is 12.2 Å². The smallest absolute Gasteiger partial charge is 0.180 e. The van der Waals surface area contributed by atoms with Crippen molar-refractivity contribution in [2.45, 2.75) is 25.8 Å². The molecule has 1 aliphatic rings. The molecule has 0 bridgehead atoms. The van der Waals surface area contributed by atoms with E-state index in [4.69, 9.17) is 21.9 Å². The lowest BCUT2D eigenvalue weighted by Gasteiger charge is -2.23. The maximum atomic E-state index is 5.32. The molecule has 0 aliphatic carbocycles. The van der Waals surface area contributed by atoms with Crippen LogP contribution in [0.1, 0.15) is 25.1 Å². The highest BCUT2D eigenvalue weighted by atomic mass is 32.1. The van der Waals surface area contributed by atoms with Gasteiger partial charge in [-0.05, 0) is 55.9 Å². The van der Waals surface area contributed by atoms with Crippen molar-refractivity contribution in [3.05, 3.63) is 53.9 Å². The van der Waals surface area contributed by atoms with Gasteiger partial charge in [0.25, 0.3) is 0 Å². The number of aromatic nitrogens is 3. The minimum absolute atomic E-state index is 0.357. The van der Waals surface area contributed by atoms with E-state index in [0.29, 0.717) is 29.7 Å². The summed E-state index contributed by atoms with van der Waals surface area (Å²) in [7, 11) is 1.67. The van der Waals surface area contributed by atoms with Crippen molar-refractivity contribution in [1.82, 2.24) is 25.3 Å². The summed E-state index contributed by atoms with van der Waals surface area (Å²) in [5, 5.41) is 13.3. The Labute approximate surface area is 186 Å². The topological polar surface area (TPSA) is 87.6 Å². The molecule has 4 rings (SSSR count). The third kappa shape index (κ3) is 4.72. The van der Waals surface area contributed by atoms with Crippen LogP contribution in [0, 0.1) is 0 Å². The van der Waals surface area contributed by atoms with Crippen LogP contribution in [0.25, 0.3) is 11.2 Å². The monoisotopic (exact) mass is 435 g/mol. The van der Waals surface area contributed by atoms with Crippen molar-refractivity contribution in [3.63, 3.8) is 0 Å². The third-order valence-electron chi connectivity index (χ3n) is 5.09. The maximum absolute atomic E-state index is 5.32. The molecule has 8 nitrogen and oxygen atoms in total. The number of ether oxygens (including phenoxy) is 1. The van der Waals surface area contributed by atoms with E-state index in [1.54, 1.807) is 13.3 Å². The molecule has 0 fully saturated rings. The standard InChI is InChI=1S/C22H25N7OS/c1-4-23-21(31)28-19-9-8-17-20(27-19)26-18(11-24-17)22(2)13-25-29(14-22)12-15-6-5-7-16(10-15)30-3/h5-11,13H,4,12,14H2,1-3H3,(H2,23,26,27,28,31). The lowest BCUT2D eigenvalue weighted by Crippen LogP contribution is -2.32. The van der Waals surface area contributed by atoms with Crippen LogP contribution in [-0.4, -0.2) is 51.5 Å². The van der Waals surface area contributed by atoms with E-state index in [2.05, 4.69) is 38.7 Å². The van der Waals surface area contributed by atoms with Crippen LogP contribution in [0.4, 0.5) is 5.82 Å². The SMILES string of the molecule is CCNC(=S)Nc1ccc2ncc(C3(C)C=NN(Cc4cccc(OC)c4)C3)nc2n1. The summed E-state index contributed by atoms with van der Waals surface area (Å²) in [5.41, 5.74) is 2.91. The molecule has 0 spiro atoms. The highest BCUT2D eigenvalue weighted by Crippen LogP contribution is 2.28. The second-order valence-corrected chi connectivity index (χ2v) is 8.02. The van der Waals surface area contributed by atoms with Gasteiger partial charge in [0, 0.05) is 12.8 Å². The van der Waals surface area contributed by atoms with Crippen LogP contribution in [0.15, 0.2) is 47.7 Å². The molecule has 1 atom stereocenters. The average molecular weight is 436 g/mol.